The molecular weight excluding hydrogens is 852 g/mol. The van der Waals surface area contributed by atoms with Gasteiger partial charge in [0.1, 0.15) is 53.8 Å². The number of H-pyrrole nitrogens is 1. The number of halogens is 1. The van der Waals surface area contributed by atoms with Crippen LogP contribution in [0.5, 0.6) is 23.0 Å². The van der Waals surface area contributed by atoms with Crippen molar-refractivity contribution in [2.45, 2.75) is 13.1 Å². The molecule has 65 heavy (non-hydrogen) atoms. The van der Waals surface area contributed by atoms with Crippen LogP contribution in [0.1, 0.15) is 5.56 Å². The zero-order valence-corrected chi connectivity index (χ0v) is 34.6. The first-order chi connectivity index (χ1) is 31.6. The van der Waals surface area contributed by atoms with E-state index in [0.717, 1.165) is 11.3 Å². The topological polar surface area (TPSA) is 257 Å². The number of hydrogen-bond donors (Lipinski definition) is 6. The van der Waals surface area contributed by atoms with Gasteiger partial charge in [-0.1, -0.05) is 48.0 Å². The molecule has 0 fully saturated rings. The van der Waals surface area contributed by atoms with Crippen molar-refractivity contribution >= 4 is 63.5 Å². The van der Waals surface area contributed by atoms with Gasteiger partial charge < -0.3 is 36.1 Å². The molecule has 9 aromatic rings. The first-order valence-electron chi connectivity index (χ1n) is 19.5. The molecule has 0 aliphatic carbocycles. The standard InChI is InChI=1S/C23H16ClN5O3.C23H19N7O3/c24-19-12-21(26-20-10-11-29(28-20)14-22(30)31)27-23(18(19)13-25)15-6-8-17(9-7-15)32-16-4-2-1-3-5-16;24-23-21-17(27-28-23)12-19(25-18-10-11-30(29-18)13-20(31)32)26-22(21)14-6-8-16(9-7-14)33-15-4-2-1-3-5-15/h1-12H,14H2,(H,30,31)(H,26,27,28);1-12H,13H2,(H,31,32)(H3,24,27,28)(H,25,26,29). The van der Waals surface area contributed by atoms with Crippen molar-refractivity contribution in [2.75, 3.05) is 16.4 Å². The number of carboxylic acids is 2. The minimum Gasteiger partial charge on any atom is -0.480 e. The third-order valence-corrected chi connectivity index (χ3v) is 9.56. The molecule has 0 bridgehead atoms. The Labute approximate surface area is 374 Å². The average molecular weight is 887 g/mol. The lowest BCUT2D eigenvalue weighted by Gasteiger charge is -2.11. The average Bonchev–Trinajstić information content (AvgIpc) is 4.04. The molecular formula is C46H35ClN12O6. The molecule has 18 nitrogen and oxygen atoms in total. The van der Waals surface area contributed by atoms with E-state index in [0.29, 0.717) is 74.2 Å². The second kappa shape index (κ2) is 19.2. The van der Waals surface area contributed by atoms with Gasteiger partial charge in [-0.3, -0.25) is 24.1 Å². The number of pyridine rings is 2. The van der Waals surface area contributed by atoms with Crippen molar-refractivity contribution in [2.24, 2.45) is 0 Å². The molecule has 0 unspecified atom stereocenters. The van der Waals surface area contributed by atoms with Crippen LogP contribution in [-0.2, 0) is 22.7 Å². The van der Waals surface area contributed by atoms with E-state index in [1.807, 2.05) is 84.9 Å². The fourth-order valence-electron chi connectivity index (χ4n) is 6.42. The molecule has 0 amide bonds. The molecule has 0 aliphatic rings. The first-order valence-corrected chi connectivity index (χ1v) is 19.9. The van der Waals surface area contributed by atoms with Crippen LogP contribution in [0, 0.1) is 11.3 Å². The Hall–Kier alpha value is -9.21. The Kier molecular flexibility index (Phi) is 12.6. The molecule has 0 atom stereocenters. The van der Waals surface area contributed by atoms with E-state index in [4.69, 9.17) is 42.0 Å². The summed E-state index contributed by atoms with van der Waals surface area (Å²) >= 11 is 6.33. The largest absolute Gasteiger partial charge is 0.480 e. The number of aromatic nitrogens is 8. The lowest BCUT2D eigenvalue weighted by molar-refractivity contribution is -0.138. The summed E-state index contributed by atoms with van der Waals surface area (Å²) < 4.78 is 14.3. The van der Waals surface area contributed by atoms with Crippen molar-refractivity contribution in [1.29, 1.82) is 5.26 Å². The summed E-state index contributed by atoms with van der Waals surface area (Å²) in [6, 6.07) is 42.3. The summed E-state index contributed by atoms with van der Waals surface area (Å²) in [5.74, 6) is 2.91. The second-order valence-corrected chi connectivity index (χ2v) is 14.3. The number of nitrogens with one attached hydrogen (secondary N) is 3. The van der Waals surface area contributed by atoms with Gasteiger partial charge in [0.2, 0.25) is 0 Å². The molecule has 5 heterocycles. The molecule has 0 spiro atoms. The highest BCUT2D eigenvalue weighted by atomic mass is 35.5. The Morgan fingerprint density at radius 3 is 1.62 bits per heavy atom. The minimum absolute atomic E-state index is 0.228. The highest BCUT2D eigenvalue weighted by molar-refractivity contribution is 6.32. The van der Waals surface area contributed by atoms with Gasteiger partial charge in [-0.05, 0) is 72.8 Å². The van der Waals surface area contributed by atoms with Crippen LogP contribution in [0.2, 0.25) is 5.02 Å². The number of aliphatic carboxylic acids is 2. The van der Waals surface area contributed by atoms with Gasteiger partial charge in [0.05, 0.1) is 32.9 Å². The number of nitrogen functional groups attached to an aromatic ring is 1. The van der Waals surface area contributed by atoms with Gasteiger partial charge in [-0.15, -0.1) is 0 Å². The molecule has 0 saturated heterocycles. The number of benzene rings is 4. The molecule has 5 aromatic heterocycles. The van der Waals surface area contributed by atoms with Gasteiger partial charge >= 0.3 is 11.9 Å². The molecule has 0 aliphatic heterocycles. The highest BCUT2D eigenvalue weighted by Gasteiger charge is 2.17. The van der Waals surface area contributed by atoms with Gasteiger partial charge in [-0.25, -0.2) is 9.97 Å². The number of carboxylic acid groups (broad SMARTS) is 2. The van der Waals surface area contributed by atoms with Crippen molar-refractivity contribution in [1.82, 2.24) is 39.7 Å². The molecule has 4 aromatic carbocycles. The van der Waals surface area contributed by atoms with Crippen LogP contribution in [0.25, 0.3) is 33.4 Å². The zero-order valence-electron chi connectivity index (χ0n) is 33.8. The van der Waals surface area contributed by atoms with E-state index in [2.05, 4.69) is 42.1 Å². The van der Waals surface area contributed by atoms with Crippen molar-refractivity contribution in [3.63, 3.8) is 0 Å². The summed E-state index contributed by atoms with van der Waals surface area (Å²) in [7, 11) is 0. The molecule has 0 saturated carbocycles. The number of ether oxygens (including phenoxy) is 2. The second-order valence-electron chi connectivity index (χ2n) is 13.9. The number of rotatable bonds is 14. The van der Waals surface area contributed by atoms with Gasteiger partial charge in [0, 0.05) is 47.8 Å². The van der Waals surface area contributed by atoms with E-state index < -0.39 is 11.9 Å². The number of nitrogens with two attached hydrogens (primary N) is 1. The van der Waals surface area contributed by atoms with E-state index >= 15 is 0 Å². The highest BCUT2D eigenvalue weighted by Crippen LogP contribution is 2.35. The zero-order chi connectivity index (χ0) is 45.3. The first kappa shape index (κ1) is 42.5. The number of carbonyl (C=O) groups is 2. The molecule has 7 N–H and O–H groups in total. The van der Waals surface area contributed by atoms with E-state index in [9.17, 15) is 14.9 Å². The van der Waals surface area contributed by atoms with Crippen LogP contribution in [0.4, 0.5) is 29.1 Å². The Morgan fingerprint density at radius 1 is 0.662 bits per heavy atom. The number of nitrogens with zero attached hydrogens (tertiary/aromatic N) is 8. The molecule has 19 heteroatoms. The van der Waals surface area contributed by atoms with Gasteiger partial charge in [0.15, 0.2) is 17.5 Å². The number of hydrogen-bond acceptors (Lipinski definition) is 13. The van der Waals surface area contributed by atoms with E-state index in [1.54, 1.807) is 48.7 Å². The smallest absolute Gasteiger partial charge is 0.325 e. The van der Waals surface area contributed by atoms with Crippen LogP contribution < -0.4 is 25.8 Å². The lowest BCUT2D eigenvalue weighted by atomic mass is 10.1. The molecule has 322 valence electrons. The van der Waals surface area contributed by atoms with Crippen LogP contribution in [-0.4, -0.2) is 61.9 Å². The summed E-state index contributed by atoms with van der Waals surface area (Å²) in [5.41, 5.74) is 9.59. The maximum atomic E-state index is 10.9. The predicted octanol–water partition coefficient (Wildman–Crippen LogP) is 9.11. The van der Waals surface area contributed by atoms with Crippen molar-refractivity contribution < 1.29 is 29.3 Å². The Bertz CT molecular complexity index is 3150. The summed E-state index contributed by atoms with van der Waals surface area (Å²) in [6.07, 6.45) is 3.11. The summed E-state index contributed by atoms with van der Waals surface area (Å²) in [4.78, 5) is 31.0. The SMILES string of the molecule is N#Cc1c(Cl)cc(Nc2ccn(CC(=O)O)n2)nc1-c1ccc(Oc2ccccc2)cc1.Nc1n[nH]c2cc(Nc3ccn(CC(=O)O)n3)nc(-c3ccc(Oc4ccccc4)cc3)c12. The number of nitriles is 1. The number of anilines is 5. The third kappa shape index (κ3) is 10.6. The van der Waals surface area contributed by atoms with E-state index in [1.165, 1.54) is 21.6 Å². The Balaban J connectivity index is 0.000000177. The van der Waals surface area contributed by atoms with Gasteiger partial charge in [0.25, 0.3) is 0 Å². The molecule has 9 rings (SSSR count). The van der Waals surface area contributed by atoms with Crippen molar-refractivity contribution in [3.05, 3.63) is 156 Å². The van der Waals surface area contributed by atoms with Crippen molar-refractivity contribution in [3.8, 4) is 51.6 Å². The third-order valence-electron chi connectivity index (χ3n) is 9.26. The fraction of sp³-hybridized carbons (Fsp3) is 0.0435. The predicted molar refractivity (Wildman–Crippen MR) is 242 cm³/mol. The Morgan fingerprint density at radius 2 is 1.12 bits per heavy atom. The molecule has 0 radical (unpaired) electrons. The van der Waals surface area contributed by atoms with Crippen LogP contribution >= 0.6 is 11.6 Å². The van der Waals surface area contributed by atoms with E-state index in [-0.39, 0.29) is 23.7 Å². The maximum Gasteiger partial charge on any atom is 0.325 e. The number of para-hydroxylation sites is 2. The normalized spacial score (nSPS) is 10.6. The summed E-state index contributed by atoms with van der Waals surface area (Å²) in [5, 5.41) is 49.8. The number of aromatic amines is 1. The van der Waals surface area contributed by atoms with Crippen LogP contribution in [0.3, 0.4) is 0 Å². The quantitative estimate of drug-likeness (QED) is 0.0595. The minimum atomic E-state index is -0.999. The maximum absolute atomic E-state index is 10.9. The monoisotopic (exact) mass is 886 g/mol. The summed E-state index contributed by atoms with van der Waals surface area (Å²) in [6.45, 7) is -0.486. The number of fused-ring (bicyclic) bond motifs is 1. The van der Waals surface area contributed by atoms with Gasteiger partial charge in [-0.2, -0.15) is 20.6 Å². The van der Waals surface area contributed by atoms with Crippen LogP contribution in [0.15, 0.2) is 146 Å². The fourth-order valence-corrected chi connectivity index (χ4v) is 6.65. The lowest BCUT2D eigenvalue weighted by Crippen LogP contribution is -2.09.